The molecule has 0 amide bonds. The molecule has 21 heavy (non-hydrogen) atoms. The second-order valence-corrected chi connectivity index (χ2v) is 5.70. The van der Waals surface area contributed by atoms with Crippen LogP contribution in [0.1, 0.15) is 26.2 Å². The van der Waals surface area contributed by atoms with E-state index < -0.39 is 16.3 Å². The minimum absolute atomic E-state index is 0.100. The normalized spacial score (nSPS) is 17.5. The molecule has 0 radical (unpaired) electrons. The molecule has 114 valence electrons. The molecule has 7 heteroatoms. The number of nitro groups is 1. The van der Waals surface area contributed by atoms with Gasteiger partial charge in [0.1, 0.15) is 10.7 Å². The summed E-state index contributed by atoms with van der Waals surface area (Å²) in [6.45, 7) is 2.81. The smallest absolute Gasteiger partial charge is 0.310 e. The van der Waals surface area contributed by atoms with E-state index in [1.165, 1.54) is 6.07 Å². The van der Waals surface area contributed by atoms with Gasteiger partial charge in [-0.15, -0.1) is 0 Å². The summed E-state index contributed by atoms with van der Waals surface area (Å²) in [6, 6.07) is 4.81. The fourth-order valence-corrected chi connectivity index (χ4v) is 3.07. The monoisotopic (exact) mass is 312 g/mol. The molecule has 1 heterocycles. The molecule has 2 rings (SSSR count). The number of hydrogen-bond donors (Lipinski definition) is 1. The number of carboxylic acids is 1. The molecule has 0 aliphatic carbocycles. The van der Waals surface area contributed by atoms with Gasteiger partial charge in [-0.3, -0.25) is 14.9 Å². The lowest BCUT2D eigenvalue weighted by molar-refractivity contribution is -0.384. The lowest BCUT2D eigenvalue weighted by atomic mass is 9.76. The molecule has 1 aromatic carbocycles. The zero-order valence-electron chi connectivity index (χ0n) is 11.7. The molecule has 1 aliphatic heterocycles. The number of halogens is 1. The highest BCUT2D eigenvalue weighted by Gasteiger charge is 2.40. The van der Waals surface area contributed by atoms with E-state index >= 15 is 0 Å². The largest absolute Gasteiger partial charge is 0.481 e. The Hall–Kier alpha value is -1.82. The molecule has 6 nitrogen and oxygen atoms in total. The van der Waals surface area contributed by atoms with Crippen LogP contribution < -0.4 is 4.90 Å². The van der Waals surface area contributed by atoms with E-state index in [0.717, 1.165) is 0 Å². The predicted molar refractivity (Wildman–Crippen MR) is 79.9 cm³/mol. The fourth-order valence-electron chi connectivity index (χ4n) is 2.83. The Morgan fingerprint density at radius 3 is 2.57 bits per heavy atom. The zero-order chi connectivity index (χ0) is 15.6. The van der Waals surface area contributed by atoms with Crippen LogP contribution in [0, 0.1) is 15.5 Å². The van der Waals surface area contributed by atoms with Gasteiger partial charge in [0, 0.05) is 13.1 Å². The van der Waals surface area contributed by atoms with Crippen LogP contribution in [0.5, 0.6) is 0 Å². The Labute approximate surface area is 127 Å². The number of piperidine rings is 1. The summed E-state index contributed by atoms with van der Waals surface area (Å²) < 4.78 is 0. The second kappa shape index (κ2) is 5.89. The number of benzene rings is 1. The zero-order valence-corrected chi connectivity index (χ0v) is 12.5. The first-order valence-electron chi connectivity index (χ1n) is 6.82. The molecule has 1 saturated heterocycles. The molecular formula is C14H17ClN2O4. The Bertz CT molecular complexity index is 568. The molecule has 1 fully saturated rings. The molecular weight excluding hydrogens is 296 g/mol. The summed E-state index contributed by atoms with van der Waals surface area (Å²) in [5.74, 6) is -0.787. The number of hydrogen-bond acceptors (Lipinski definition) is 4. The maximum Gasteiger partial charge on any atom is 0.310 e. The number of nitrogens with zero attached hydrogens (tertiary/aromatic N) is 2. The van der Waals surface area contributed by atoms with Crippen LogP contribution in [0.25, 0.3) is 0 Å². The van der Waals surface area contributed by atoms with Crippen LogP contribution in [0.3, 0.4) is 0 Å². The molecule has 0 unspecified atom stereocenters. The van der Waals surface area contributed by atoms with Crippen LogP contribution >= 0.6 is 11.6 Å². The van der Waals surface area contributed by atoms with Gasteiger partial charge in [-0.25, -0.2) is 0 Å². The molecule has 1 N–H and O–H groups in total. The highest BCUT2D eigenvalue weighted by atomic mass is 35.5. The summed E-state index contributed by atoms with van der Waals surface area (Å²) >= 11 is 5.91. The van der Waals surface area contributed by atoms with Gasteiger partial charge in [-0.1, -0.05) is 24.6 Å². The maximum absolute atomic E-state index is 11.4. The summed E-state index contributed by atoms with van der Waals surface area (Å²) in [7, 11) is 0. The molecule has 0 aromatic heterocycles. The summed E-state index contributed by atoms with van der Waals surface area (Å²) in [6.07, 6.45) is 1.51. The van der Waals surface area contributed by atoms with Gasteiger partial charge in [-0.2, -0.15) is 0 Å². The van der Waals surface area contributed by atoms with Gasteiger partial charge in [0.15, 0.2) is 0 Å². The standard InChI is InChI=1S/C14H17ClN2O4/c1-2-14(13(18)19)6-8-16(9-7-14)11-5-3-4-10(15)12(11)17(20)21/h3-5H,2,6-9H2,1H3,(H,18,19). The van der Waals surface area contributed by atoms with Crippen molar-refractivity contribution < 1.29 is 14.8 Å². The van der Waals surface area contributed by atoms with Crippen LogP contribution in [0.2, 0.25) is 5.02 Å². The van der Waals surface area contributed by atoms with Crippen molar-refractivity contribution in [2.45, 2.75) is 26.2 Å². The third kappa shape index (κ3) is 2.81. The Balaban J connectivity index is 2.26. The average Bonchev–Trinajstić information content (AvgIpc) is 2.46. The quantitative estimate of drug-likeness (QED) is 0.681. The van der Waals surface area contributed by atoms with E-state index in [-0.39, 0.29) is 10.7 Å². The van der Waals surface area contributed by atoms with Crippen molar-refractivity contribution in [3.8, 4) is 0 Å². The third-order valence-electron chi connectivity index (χ3n) is 4.34. The van der Waals surface area contributed by atoms with Gasteiger partial charge in [0.05, 0.1) is 10.3 Å². The van der Waals surface area contributed by atoms with E-state index in [9.17, 15) is 20.0 Å². The Morgan fingerprint density at radius 1 is 1.48 bits per heavy atom. The molecule has 1 aliphatic rings. The van der Waals surface area contributed by atoms with Crippen molar-refractivity contribution in [1.29, 1.82) is 0 Å². The van der Waals surface area contributed by atoms with E-state index in [1.807, 2.05) is 11.8 Å². The lowest BCUT2D eigenvalue weighted by Crippen LogP contribution is -2.44. The maximum atomic E-state index is 11.4. The number of carboxylic acid groups (broad SMARTS) is 1. The van der Waals surface area contributed by atoms with Crippen LogP contribution in [0.15, 0.2) is 18.2 Å². The van der Waals surface area contributed by atoms with Gasteiger partial charge in [-0.05, 0) is 31.4 Å². The highest BCUT2D eigenvalue weighted by molar-refractivity contribution is 6.33. The first-order chi connectivity index (χ1) is 9.91. The van der Waals surface area contributed by atoms with E-state index in [1.54, 1.807) is 12.1 Å². The van der Waals surface area contributed by atoms with Crippen LogP contribution in [-0.2, 0) is 4.79 Å². The van der Waals surface area contributed by atoms with Gasteiger partial charge >= 0.3 is 11.7 Å². The second-order valence-electron chi connectivity index (χ2n) is 5.29. The third-order valence-corrected chi connectivity index (χ3v) is 4.64. The lowest BCUT2D eigenvalue weighted by Gasteiger charge is -2.39. The van der Waals surface area contributed by atoms with E-state index in [2.05, 4.69) is 0 Å². The van der Waals surface area contributed by atoms with Crippen molar-refractivity contribution in [2.24, 2.45) is 5.41 Å². The number of aliphatic carboxylic acids is 1. The average molecular weight is 313 g/mol. The topological polar surface area (TPSA) is 83.7 Å². The van der Waals surface area contributed by atoms with Gasteiger partial charge in [0.2, 0.25) is 0 Å². The minimum atomic E-state index is -0.787. The van der Waals surface area contributed by atoms with Gasteiger partial charge in [0.25, 0.3) is 0 Å². The Morgan fingerprint density at radius 2 is 2.10 bits per heavy atom. The molecule has 0 saturated carbocycles. The van der Waals surface area contributed by atoms with Crippen LogP contribution in [-0.4, -0.2) is 29.1 Å². The van der Waals surface area contributed by atoms with Crippen molar-refractivity contribution in [2.75, 3.05) is 18.0 Å². The van der Waals surface area contributed by atoms with Crippen LogP contribution in [0.4, 0.5) is 11.4 Å². The number of nitro benzene ring substituents is 1. The SMILES string of the molecule is CCC1(C(=O)O)CCN(c2cccc(Cl)c2[N+](=O)[O-])CC1. The minimum Gasteiger partial charge on any atom is -0.481 e. The Kier molecular flexibility index (Phi) is 4.37. The van der Waals surface area contributed by atoms with Crippen molar-refractivity contribution in [3.63, 3.8) is 0 Å². The first kappa shape index (κ1) is 15.6. The summed E-state index contributed by atoms with van der Waals surface area (Å²) in [5, 5.41) is 20.7. The summed E-state index contributed by atoms with van der Waals surface area (Å²) in [4.78, 5) is 24.0. The van der Waals surface area contributed by atoms with Crippen molar-refractivity contribution >= 4 is 28.9 Å². The fraction of sp³-hybridized carbons (Fsp3) is 0.500. The molecule has 0 bridgehead atoms. The first-order valence-corrected chi connectivity index (χ1v) is 7.20. The number of carbonyl (C=O) groups is 1. The predicted octanol–water partition coefficient (Wildman–Crippen LogP) is 3.33. The number of rotatable bonds is 4. The van der Waals surface area contributed by atoms with E-state index in [4.69, 9.17) is 11.6 Å². The van der Waals surface area contributed by atoms with E-state index in [0.29, 0.717) is 38.0 Å². The number of para-hydroxylation sites is 1. The number of anilines is 1. The molecule has 0 spiro atoms. The van der Waals surface area contributed by atoms with Gasteiger partial charge < -0.3 is 10.0 Å². The van der Waals surface area contributed by atoms with Crippen molar-refractivity contribution in [3.05, 3.63) is 33.3 Å². The highest BCUT2D eigenvalue weighted by Crippen LogP contribution is 2.40. The molecule has 0 atom stereocenters. The summed E-state index contributed by atoms with van der Waals surface area (Å²) in [5.41, 5.74) is -0.370. The van der Waals surface area contributed by atoms with Crippen molar-refractivity contribution in [1.82, 2.24) is 0 Å². The molecule has 1 aromatic rings.